The Balaban J connectivity index is 2.02. The number of carbonyl (C=O) groups is 1. The molecule has 112 valence electrons. The Labute approximate surface area is 125 Å². The van der Waals surface area contributed by atoms with Gasteiger partial charge in [0.2, 0.25) is 5.91 Å². The van der Waals surface area contributed by atoms with Crippen LogP contribution >= 0.6 is 11.8 Å². The van der Waals surface area contributed by atoms with Gasteiger partial charge in [-0.15, -0.1) is 5.10 Å². The van der Waals surface area contributed by atoms with Crippen LogP contribution in [-0.4, -0.2) is 25.9 Å². The van der Waals surface area contributed by atoms with Crippen molar-refractivity contribution in [3.8, 4) is 0 Å². The lowest BCUT2D eigenvalue weighted by atomic mass is 10.3. The normalized spacial score (nSPS) is 12.1. The molecule has 2 aromatic rings. The fraction of sp³-hybridized carbons (Fsp3) is 0.308. The van der Waals surface area contributed by atoms with E-state index in [1.165, 1.54) is 16.3 Å². The molecular weight excluding hydrogens is 290 g/mol. The number of nitrogens with two attached hydrogens (primary N) is 1. The van der Waals surface area contributed by atoms with Crippen molar-refractivity contribution in [2.45, 2.75) is 30.8 Å². The standard InChI is InChI=1S/C13H17N5O2S/c1-3-18-12(20)16-17-13(18)21-8(2)11(19)15-10-6-4-9(14)5-7-10/h4-8H,3,14H2,1-2H3,(H,15,19)(H,16,20). The highest BCUT2D eigenvalue weighted by molar-refractivity contribution is 8.00. The van der Waals surface area contributed by atoms with Gasteiger partial charge in [-0.25, -0.2) is 9.89 Å². The second-order valence-corrected chi connectivity index (χ2v) is 5.73. The van der Waals surface area contributed by atoms with Gasteiger partial charge in [-0.05, 0) is 38.1 Å². The summed E-state index contributed by atoms with van der Waals surface area (Å²) in [6.45, 7) is 4.11. The largest absolute Gasteiger partial charge is 0.399 e. The molecule has 1 aromatic carbocycles. The van der Waals surface area contributed by atoms with Crippen molar-refractivity contribution in [1.29, 1.82) is 0 Å². The molecule has 0 aliphatic rings. The summed E-state index contributed by atoms with van der Waals surface area (Å²) in [4.78, 5) is 23.6. The quantitative estimate of drug-likeness (QED) is 0.570. The second kappa shape index (κ2) is 6.49. The molecule has 7 nitrogen and oxygen atoms in total. The van der Waals surface area contributed by atoms with Gasteiger partial charge in [-0.2, -0.15) is 0 Å². The predicted octanol–water partition coefficient (Wildman–Crippen LogP) is 1.29. The summed E-state index contributed by atoms with van der Waals surface area (Å²) in [5.74, 6) is -0.164. The molecule has 8 heteroatoms. The van der Waals surface area contributed by atoms with Gasteiger partial charge in [-0.1, -0.05) is 11.8 Å². The average Bonchev–Trinajstić information content (AvgIpc) is 2.81. The van der Waals surface area contributed by atoms with Gasteiger partial charge in [0.1, 0.15) is 0 Å². The minimum atomic E-state index is -0.386. The number of nitrogens with zero attached hydrogens (tertiary/aromatic N) is 2. The van der Waals surface area contributed by atoms with Crippen molar-refractivity contribution < 1.29 is 4.79 Å². The Hall–Kier alpha value is -2.22. The number of hydrogen-bond donors (Lipinski definition) is 3. The van der Waals surface area contributed by atoms with Crippen molar-refractivity contribution in [2.24, 2.45) is 0 Å². The van der Waals surface area contributed by atoms with E-state index in [0.717, 1.165) is 0 Å². The Morgan fingerprint density at radius 2 is 2.14 bits per heavy atom. The summed E-state index contributed by atoms with van der Waals surface area (Å²) in [7, 11) is 0. The number of H-pyrrole nitrogens is 1. The molecule has 0 bridgehead atoms. The van der Waals surface area contributed by atoms with Crippen LogP contribution in [-0.2, 0) is 11.3 Å². The first-order valence-corrected chi connectivity index (χ1v) is 7.37. The second-order valence-electron chi connectivity index (χ2n) is 4.43. The van der Waals surface area contributed by atoms with Crippen LogP contribution in [0.5, 0.6) is 0 Å². The molecule has 0 aliphatic carbocycles. The Bertz CT molecular complexity index is 677. The highest BCUT2D eigenvalue weighted by atomic mass is 32.2. The number of amides is 1. The van der Waals surface area contributed by atoms with Crippen molar-refractivity contribution in [1.82, 2.24) is 14.8 Å². The zero-order valence-corrected chi connectivity index (χ0v) is 12.6. The van der Waals surface area contributed by atoms with Crippen molar-refractivity contribution >= 4 is 29.0 Å². The molecule has 1 unspecified atom stereocenters. The van der Waals surface area contributed by atoms with Crippen LogP contribution in [0.4, 0.5) is 11.4 Å². The smallest absolute Gasteiger partial charge is 0.343 e. The molecular formula is C13H17N5O2S. The van der Waals surface area contributed by atoms with Crippen molar-refractivity contribution in [2.75, 3.05) is 11.1 Å². The molecule has 21 heavy (non-hydrogen) atoms. The maximum atomic E-state index is 12.1. The fourth-order valence-corrected chi connectivity index (χ4v) is 2.61. The van der Waals surface area contributed by atoms with Crippen LogP contribution in [0.1, 0.15) is 13.8 Å². The lowest BCUT2D eigenvalue weighted by molar-refractivity contribution is -0.115. The number of aromatic nitrogens is 3. The van der Waals surface area contributed by atoms with E-state index in [1.807, 2.05) is 6.92 Å². The number of anilines is 2. The summed E-state index contributed by atoms with van der Waals surface area (Å²) in [5, 5.41) is 9.21. The van der Waals surface area contributed by atoms with Gasteiger partial charge in [0, 0.05) is 17.9 Å². The highest BCUT2D eigenvalue weighted by Gasteiger charge is 2.18. The summed E-state index contributed by atoms with van der Waals surface area (Å²) in [6.07, 6.45) is 0. The predicted molar refractivity (Wildman–Crippen MR) is 83.3 cm³/mol. The van der Waals surface area contributed by atoms with Gasteiger partial charge >= 0.3 is 5.69 Å². The van der Waals surface area contributed by atoms with Gasteiger partial charge in [0.05, 0.1) is 5.25 Å². The Morgan fingerprint density at radius 3 is 2.76 bits per heavy atom. The number of rotatable bonds is 5. The first-order chi connectivity index (χ1) is 10.0. The molecule has 0 saturated carbocycles. The topological polar surface area (TPSA) is 106 Å². The number of carbonyl (C=O) groups excluding carboxylic acids is 1. The van der Waals surface area contributed by atoms with Gasteiger partial charge < -0.3 is 11.1 Å². The molecule has 1 heterocycles. The molecule has 0 saturated heterocycles. The van der Waals surface area contributed by atoms with Crippen LogP contribution in [0.25, 0.3) is 0 Å². The van der Waals surface area contributed by atoms with E-state index in [4.69, 9.17) is 5.73 Å². The van der Waals surface area contributed by atoms with Crippen LogP contribution in [0.15, 0.2) is 34.2 Å². The lowest BCUT2D eigenvalue weighted by Crippen LogP contribution is -2.23. The third-order valence-electron chi connectivity index (χ3n) is 2.87. The Morgan fingerprint density at radius 1 is 1.48 bits per heavy atom. The van der Waals surface area contributed by atoms with Crippen LogP contribution in [0.3, 0.4) is 0 Å². The molecule has 4 N–H and O–H groups in total. The molecule has 2 rings (SSSR count). The minimum absolute atomic E-state index is 0.164. The summed E-state index contributed by atoms with van der Waals surface area (Å²) < 4.78 is 1.48. The number of aromatic amines is 1. The van der Waals surface area contributed by atoms with E-state index >= 15 is 0 Å². The number of hydrogen-bond acceptors (Lipinski definition) is 5. The lowest BCUT2D eigenvalue weighted by Gasteiger charge is -2.11. The molecule has 0 radical (unpaired) electrons. The van der Waals surface area contributed by atoms with E-state index in [9.17, 15) is 9.59 Å². The SMILES string of the molecule is CCn1c(SC(C)C(=O)Nc2ccc(N)cc2)n[nH]c1=O. The maximum absolute atomic E-state index is 12.1. The van der Waals surface area contributed by atoms with E-state index in [0.29, 0.717) is 23.1 Å². The fourth-order valence-electron chi connectivity index (χ4n) is 1.69. The first-order valence-electron chi connectivity index (χ1n) is 6.49. The third kappa shape index (κ3) is 3.66. The molecule has 0 fully saturated rings. The summed E-state index contributed by atoms with van der Waals surface area (Å²) in [6, 6.07) is 6.91. The van der Waals surface area contributed by atoms with Gasteiger partial charge in [-0.3, -0.25) is 9.36 Å². The van der Waals surface area contributed by atoms with Gasteiger partial charge in [0.15, 0.2) is 5.16 Å². The van der Waals surface area contributed by atoms with Gasteiger partial charge in [0.25, 0.3) is 0 Å². The van der Waals surface area contributed by atoms with Crippen LogP contribution < -0.4 is 16.7 Å². The Kier molecular flexibility index (Phi) is 4.69. The highest BCUT2D eigenvalue weighted by Crippen LogP contribution is 2.21. The maximum Gasteiger partial charge on any atom is 0.343 e. The van der Waals surface area contributed by atoms with Crippen LogP contribution in [0.2, 0.25) is 0 Å². The van der Waals surface area contributed by atoms with Crippen LogP contribution in [0, 0.1) is 0 Å². The number of thioether (sulfide) groups is 1. The first kappa shape index (κ1) is 15.2. The number of benzene rings is 1. The molecule has 1 atom stereocenters. The zero-order valence-electron chi connectivity index (χ0n) is 11.8. The minimum Gasteiger partial charge on any atom is -0.399 e. The molecule has 1 aromatic heterocycles. The molecule has 0 spiro atoms. The summed E-state index contributed by atoms with van der Waals surface area (Å²) >= 11 is 1.23. The van der Waals surface area contributed by atoms with Crippen molar-refractivity contribution in [3.05, 3.63) is 34.7 Å². The van der Waals surface area contributed by atoms with E-state index in [1.54, 1.807) is 31.2 Å². The number of nitrogen functional groups attached to an aromatic ring is 1. The molecule has 1 amide bonds. The van der Waals surface area contributed by atoms with E-state index < -0.39 is 0 Å². The average molecular weight is 307 g/mol. The number of nitrogens with one attached hydrogen (secondary N) is 2. The monoisotopic (exact) mass is 307 g/mol. The molecule has 0 aliphatic heterocycles. The third-order valence-corrected chi connectivity index (χ3v) is 3.96. The van der Waals surface area contributed by atoms with Crippen molar-refractivity contribution in [3.63, 3.8) is 0 Å². The van der Waals surface area contributed by atoms with E-state index in [-0.39, 0.29) is 16.8 Å². The summed E-state index contributed by atoms with van der Waals surface area (Å²) in [5.41, 5.74) is 6.64. The van der Waals surface area contributed by atoms with E-state index in [2.05, 4.69) is 15.5 Å². The zero-order chi connectivity index (χ0) is 15.4.